The first-order valence-electron chi connectivity index (χ1n) is 7.63. The highest BCUT2D eigenvalue weighted by atomic mass is 19.4. The fourth-order valence-corrected chi connectivity index (χ4v) is 2.27. The van der Waals surface area contributed by atoms with E-state index in [1.165, 1.54) is 48.5 Å². The van der Waals surface area contributed by atoms with E-state index >= 15 is 0 Å². The Balaban J connectivity index is 2.13. The van der Waals surface area contributed by atoms with Gasteiger partial charge in [0.15, 0.2) is 0 Å². The Morgan fingerprint density at radius 2 is 1.67 bits per heavy atom. The van der Waals surface area contributed by atoms with Crippen LogP contribution in [0.2, 0.25) is 0 Å². The molecule has 0 bridgehead atoms. The van der Waals surface area contributed by atoms with E-state index in [0.29, 0.717) is 0 Å². The van der Waals surface area contributed by atoms with Gasteiger partial charge in [-0.15, -0.1) is 0 Å². The molecule has 2 N–H and O–H groups in total. The Bertz CT molecular complexity index is 868. The van der Waals surface area contributed by atoms with Gasteiger partial charge in [0, 0.05) is 11.6 Å². The van der Waals surface area contributed by atoms with Gasteiger partial charge >= 0.3 is 6.18 Å². The van der Waals surface area contributed by atoms with Crippen LogP contribution >= 0.6 is 0 Å². The summed E-state index contributed by atoms with van der Waals surface area (Å²) in [6, 6.07) is 11.2. The number of nitrogens with zero attached hydrogens (tertiary/aromatic N) is 1. The molecule has 0 aliphatic rings. The van der Waals surface area contributed by atoms with Crippen molar-refractivity contribution in [2.24, 2.45) is 0 Å². The van der Waals surface area contributed by atoms with Crippen LogP contribution in [0.5, 0.6) is 0 Å². The number of para-hydroxylation sites is 2. The van der Waals surface area contributed by atoms with E-state index in [0.717, 1.165) is 0 Å². The summed E-state index contributed by atoms with van der Waals surface area (Å²) >= 11 is 0. The number of anilines is 1. The Morgan fingerprint density at radius 3 is 2.33 bits per heavy atom. The first-order chi connectivity index (χ1) is 12.7. The van der Waals surface area contributed by atoms with Gasteiger partial charge < -0.3 is 10.6 Å². The lowest BCUT2D eigenvalue weighted by Gasteiger charge is -2.12. The van der Waals surface area contributed by atoms with Gasteiger partial charge in [-0.3, -0.25) is 19.7 Å². The topological polar surface area (TPSA) is 101 Å². The number of nitro benzene ring substituents is 1. The maximum absolute atomic E-state index is 12.2. The van der Waals surface area contributed by atoms with Crippen molar-refractivity contribution in [3.8, 4) is 0 Å². The number of hydrogen-bond acceptors (Lipinski definition) is 4. The fraction of sp³-hybridized carbons (Fsp3) is 0.176. The maximum Gasteiger partial charge on any atom is 0.405 e. The minimum Gasteiger partial charge on any atom is -0.343 e. The second-order valence-electron chi connectivity index (χ2n) is 5.45. The van der Waals surface area contributed by atoms with Crippen molar-refractivity contribution in [2.45, 2.75) is 12.6 Å². The molecule has 10 heteroatoms. The molecular formula is C17H14F3N3O4. The highest BCUT2D eigenvalue weighted by molar-refractivity contribution is 6.04. The Labute approximate surface area is 151 Å². The summed E-state index contributed by atoms with van der Waals surface area (Å²) < 4.78 is 36.7. The molecule has 7 nitrogen and oxygen atoms in total. The summed E-state index contributed by atoms with van der Waals surface area (Å²) in [4.78, 5) is 34.5. The van der Waals surface area contributed by atoms with Crippen LogP contribution < -0.4 is 10.6 Å². The molecule has 2 aromatic carbocycles. The van der Waals surface area contributed by atoms with Gasteiger partial charge in [-0.1, -0.05) is 30.3 Å². The van der Waals surface area contributed by atoms with Crippen molar-refractivity contribution in [1.29, 1.82) is 0 Å². The zero-order valence-electron chi connectivity index (χ0n) is 13.7. The van der Waals surface area contributed by atoms with Crippen molar-refractivity contribution in [1.82, 2.24) is 5.32 Å². The lowest BCUT2D eigenvalue weighted by Crippen LogP contribution is -2.34. The highest BCUT2D eigenvalue weighted by Crippen LogP contribution is 2.20. The van der Waals surface area contributed by atoms with Crippen molar-refractivity contribution >= 4 is 23.2 Å². The van der Waals surface area contributed by atoms with Crippen LogP contribution in [0, 0.1) is 10.1 Å². The molecule has 0 radical (unpaired) electrons. The molecular weight excluding hydrogens is 367 g/mol. The molecule has 0 atom stereocenters. The van der Waals surface area contributed by atoms with Gasteiger partial charge in [0.25, 0.3) is 11.6 Å². The Kier molecular flexibility index (Phi) is 6.11. The minimum absolute atomic E-state index is 0.000702. The van der Waals surface area contributed by atoms with E-state index in [1.54, 1.807) is 5.32 Å². The molecule has 2 amide bonds. The average Bonchev–Trinajstić information content (AvgIpc) is 2.59. The number of nitro groups is 1. The second kappa shape index (κ2) is 8.30. The van der Waals surface area contributed by atoms with Crippen molar-refractivity contribution in [2.75, 3.05) is 11.9 Å². The van der Waals surface area contributed by atoms with Gasteiger partial charge in [0.1, 0.15) is 6.54 Å². The predicted octanol–water partition coefficient (Wildman–Crippen LogP) is 3.07. The van der Waals surface area contributed by atoms with Crippen molar-refractivity contribution in [3.63, 3.8) is 0 Å². The van der Waals surface area contributed by atoms with E-state index in [4.69, 9.17) is 0 Å². The van der Waals surface area contributed by atoms with Gasteiger partial charge in [0.05, 0.1) is 22.6 Å². The highest BCUT2D eigenvalue weighted by Gasteiger charge is 2.28. The number of hydrogen-bond donors (Lipinski definition) is 2. The third kappa shape index (κ3) is 5.80. The predicted molar refractivity (Wildman–Crippen MR) is 90.3 cm³/mol. The number of carbonyl (C=O) groups excluding carboxylic acids is 2. The smallest absolute Gasteiger partial charge is 0.343 e. The number of alkyl halides is 3. The SMILES string of the molecule is O=C(Cc1ccccc1[N+](=O)[O-])Nc1ccccc1C(=O)NCC(F)(F)F. The standard InChI is InChI=1S/C17H14F3N3O4/c18-17(19,20)10-21-16(25)12-6-2-3-7-13(12)22-15(24)9-11-5-1-4-8-14(11)23(26)27/h1-8H,9-10H2,(H,21,25)(H,22,24). The van der Waals surface area contributed by atoms with Gasteiger partial charge in [-0.25, -0.2) is 0 Å². The summed E-state index contributed by atoms with van der Waals surface area (Å²) in [6.45, 7) is -1.51. The number of nitrogens with one attached hydrogen (secondary N) is 2. The molecule has 0 heterocycles. The maximum atomic E-state index is 12.2. The number of rotatable bonds is 6. The van der Waals surface area contributed by atoms with E-state index in [9.17, 15) is 32.9 Å². The summed E-state index contributed by atoms with van der Waals surface area (Å²) in [5, 5.41) is 15.1. The zero-order valence-corrected chi connectivity index (χ0v) is 13.7. The van der Waals surface area contributed by atoms with Crippen molar-refractivity contribution < 1.29 is 27.7 Å². The molecule has 0 fully saturated rings. The van der Waals surface area contributed by atoms with Crippen molar-refractivity contribution in [3.05, 3.63) is 69.8 Å². The van der Waals surface area contributed by atoms with Crippen LogP contribution in [0.15, 0.2) is 48.5 Å². The molecule has 0 aliphatic carbocycles. The average molecular weight is 381 g/mol. The molecule has 0 unspecified atom stereocenters. The number of benzene rings is 2. The molecule has 0 saturated carbocycles. The van der Waals surface area contributed by atoms with Crippen LogP contribution in [0.4, 0.5) is 24.5 Å². The Morgan fingerprint density at radius 1 is 1.04 bits per heavy atom. The summed E-state index contributed by atoms with van der Waals surface area (Å²) in [6.07, 6.45) is -4.91. The normalized spacial score (nSPS) is 10.9. The first-order valence-corrected chi connectivity index (χ1v) is 7.63. The fourth-order valence-electron chi connectivity index (χ4n) is 2.27. The molecule has 0 aliphatic heterocycles. The molecule has 0 spiro atoms. The molecule has 0 aromatic heterocycles. The number of amides is 2. The monoisotopic (exact) mass is 381 g/mol. The van der Waals surface area contributed by atoms with E-state index in [1.807, 2.05) is 0 Å². The van der Waals surface area contributed by atoms with Gasteiger partial charge in [0.2, 0.25) is 5.91 Å². The van der Waals surface area contributed by atoms with Crippen LogP contribution in [0.1, 0.15) is 15.9 Å². The summed E-state index contributed by atoms with van der Waals surface area (Å²) in [7, 11) is 0. The second-order valence-corrected chi connectivity index (χ2v) is 5.45. The molecule has 0 saturated heterocycles. The largest absolute Gasteiger partial charge is 0.405 e. The Hall–Kier alpha value is -3.43. The van der Waals surface area contributed by atoms with Crippen LogP contribution in [-0.4, -0.2) is 29.5 Å². The molecule has 2 aromatic rings. The third-order valence-electron chi connectivity index (χ3n) is 3.43. The van der Waals surface area contributed by atoms with Gasteiger partial charge in [-0.2, -0.15) is 13.2 Å². The number of halogens is 3. The van der Waals surface area contributed by atoms with Gasteiger partial charge in [-0.05, 0) is 12.1 Å². The lowest BCUT2D eigenvalue weighted by molar-refractivity contribution is -0.385. The summed E-state index contributed by atoms with van der Waals surface area (Å²) in [5.41, 5.74) is -0.221. The van der Waals surface area contributed by atoms with E-state index in [-0.39, 0.29) is 28.9 Å². The van der Waals surface area contributed by atoms with Crippen LogP contribution in [0.25, 0.3) is 0 Å². The minimum atomic E-state index is -4.57. The molecule has 2 rings (SSSR count). The third-order valence-corrected chi connectivity index (χ3v) is 3.43. The van der Waals surface area contributed by atoms with E-state index < -0.39 is 29.5 Å². The lowest BCUT2D eigenvalue weighted by atomic mass is 10.1. The quantitative estimate of drug-likeness (QED) is 0.593. The van der Waals surface area contributed by atoms with E-state index in [2.05, 4.69) is 5.32 Å². The van der Waals surface area contributed by atoms with Crippen LogP contribution in [-0.2, 0) is 11.2 Å². The summed E-state index contributed by atoms with van der Waals surface area (Å²) in [5.74, 6) is -1.66. The number of carbonyl (C=O) groups is 2. The zero-order chi connectivity index (χ0) is 20.0. The van der Waals surface area contributed by atoms with Crippen LogP contribution in [0.3, 0.4) is 0 Å². The first kappa shape index (κ1) is 19.9. The molecule has 142 valence electrons. The molecule has 27 heavy (non-hydrogen) atoms.